The molecule has 29 heavy (non-hydrogen) atoms. The summed E-state index contributed by atoms with van der Waals surface area (Å²) in [5.41, 5.74) is 4.89. The van der Waals surface area contributed by atoms with Crippen molar-refractivity contribution >= 4 is 23.7 Å². The van der Waals surface area contributed by atoms with Gasteiger partial charge in [0, 0.05) is 6.54 Å². The zero-order valence-corrected chi connectivity index (χ0v) is 15.7. The molecular formula is C17H25N5O7. The Hall–Kier alpha value is -3.54. The number of guanidine groups is 1. The molecule has 12 nitrogen and oxygen atoms in total. The average Bonchev–Trinajstić information content (AvgIpc) is 2.63. The molecule has 0 aliphatic rings. The fourth-order valence-electron chi connectivity index (χ4n) is 2.39. The van der Waals surface area contributed by atoms with E-state index in [-0.39, 0.29) is 30.9 Å². The second-order valence-electron chi connectivity index (χ2n) is 6.25. The minimum atomic E-state index is -1.59. The quantitative estimate of drug-likeness (QED) is 0.0936. The number of aliphatic carboxylic acids is 1. The first kappa shape index (κ1) is 23.5. The highest BCUT2D eigenvalue weighted by Crippen LogP contribution is 2.28. The van der Waals surface area contributed by atoms with Gasteiger partial charge in [-0.15, -0.1) is 0 Å². The number of carboxylic acids is 1. The number of benzene rings is 1. The van der Waals surface area contributed by atoms with Crippen LogP contribution in [0, 0.1) is 5.41 Å². The third-order valence-corrected chi connectivity index (χ3v) is 3.91. The van der Waals surface area contributed by atoms with Crippen LogP contribution in [0.15, 0.2) is 18.2 Å². The molecule has 0 radical (unpaired) electrons. The summed E-state index contributed by atoms with van der Waals surface area (Å²) in [7, 11) is 0. The number of nitrogens with two attached hydrogens (primary N) is 1. The van der Waals surface area contributed by atoms with Gasteiger partial charge in [-0.2, -0.15) is 0 Å². The van der Waals surface area contributed by atoms with Gasteiger partial charge in [0.25, 0.3) is 5.91 Å². The maximum absolute atomic E-state index is 12.5. The summed E-state index contributed by atoms with van der Waals surface area (Å²) in [6.45, 7) is 1.40. The number of nitrogens with one attached hydrogen (secondary N) is 4. The van der Waals surface area contributed by atoms with Crippen molar-refractivity contribution in [3.63, 3.8) is 0 Å². The number of phenols is 2. The third-order valence-electron chi connectivity index (χ3n) is 3.91. The Balaban J connectivity index is 2.95. The van der Waals surface area contributed by atoms with Crippen LogP contribution in [-0.4, -0.2) is 68.9 Å². The average molecular weight is 411 g/mol. The van der Waals surface area contributed by atoms with Crippen LogP contribution >= 0.6 is 0 Å². The number of aliphatic hydroxyl groups excluding tert-OH is 1. The summed E-state index contributed by atoms with van der Waals surface area (Å²) in [6.07, 6.45) is -1.08. The van der Waals surface area contributed by atoms with Crippen molar-refractivity contribution in [2.45, 2.75) is 38.0 Å². The number of para-hydroxylation sites is 1. The highest BCUT2D eigenvalue weighted by atomic mass is 16.4. The van der Waals surface area contributed by atoms with E-state index in [1.54, 1.807) is 0 Å². The van der Waals surface area contributed by atoms with Crippen LogP contribution in [0.2, 0.25) is 0 Å². The van der Waals surface area contributed by atoms with Gasteiger partial charge in [-0.05, 0) is 31.9 Å². The van der Waals surface area contributed by atoms with E-state index >= 15 is 0 Å². The van der Waals surface area contributed by atoms with Crippen LogP contribution in [-0.2, 0) is 9.59 Å². The molecule has 3 atom stereocenters. The number of aromatic hydroxyl groups is 2. The Labute approximate surface area is 166 Å². The van der Waals surface area contributed by atoms with Crippen molar-refractivity contribution in [2.75, 3.05) is 6.54 Å². The second-order valence-corrected chi connectivity index (χ2v) is 6.25. The van der Waals surface area contributed by atoms with E-state index < -0.39 is 47.5 Å². The zero-order valence-electron chi connectivity index (χ0n) is 15.7. The molecule has 0 aliphatic carbocycles. The molecule has 0 saturated heterocycles. The molecule has 0 bridgehead atoms. The maximum atomic E-state index is 12.5. The van der Waals surface area contributed by atoms with Crippen LogP contribution in [0.5, 0.6) is 11.5 Å². The lowest BCUT2D eigenvalue weighted by molar-refractivity contribution is -0.145. The number of rotatable bonds is 10. The van der Waals surface area contributed by atoms with Crippen molar-refractivity contribution in [3.8, 4) is 11.5 Å². The first-order chi connectivity index (χ1) is 13.5. The molecule has 1 aromatic rings. The molecule has 1 aromatic carbocycles. The van der Waals surface area contributed by atoms with Gasteiger partial charge in [-0.25, -0.2) is 4.79 Å². The largest absolute Gasteiger partial charge is 0.504 e. The van der Waals surface area contributed by atoms with Crippen molar-refractivity contribution in [1.29, 1.82) is 5.41 Å². The van der Waals surface area contributed by atoms with E-state index in [0.29, 0.717) is 0 Å². The van der Waals surface area contributed by atoms with Crippen molar-refractivity contribution in [1.82, 2.24) is 16.0 Å². The van der Waals surface area contributed by atoms with Gasteiger partial charge in [0.1, 0.15) is 6.04 Å². The van der Waals surface area contributed by atoms with Gasteiger partial charge in [0.05, 0.1) is 11.7 Å². The molecule has 1 rings (SSSR count). The van der Waals surface area contributed by atoms with Gasteiger partial charge in [-0.3, -0.25) is 15.0 Å². The summed E-state index contributed by atoms with van der Waals surface area (Å²) < 4.78 is 0. The number of phenolic OH excluding ortho intramolecular Hbond substituents is 2. The van der Waals surface area contributed by atoms with E-state index in [9.17, 15) is 29.7 Å². The highest BCUT2D eigenvalue weighted by molar-refractivity contribution is 6.00. The third kappa shape index (κ3) is 7.18. The Bertz CT molecular complexity index is 769. The molecule has 10 N–H and O–H groups in total. The van der Waals surface area contributed by atoms with Gasteiger partial charge < -0.3 is 42.1 Å². The molecule has 2 amide bonds. The van der Waals surface area contributed by atoms with Crippen LogP contribution in [0.3, 0.4) is 0 Å². The van der Waals surface area contributed by atoms with Crippen molar-refractivity contribution in [3.05, 3.63) is 23.8 Å². The Kier molecular flexibility index (Phi) is 8.68. The van der Waals surface area contributed by atoms with Crippen LogP contribution in [0.4, 0.5) is 0 Å². The second kappa shape index (κ2) is 10.7. The molecule has 0 saturated carbocycles. The van der Waals surface area contributed by atoms with Crippen LogP contribution < -0.4 is 21.7 Å². The Morgan fingerprint density at radius 3 is 2.41 bits per heavy atom. The lowest BCUT2D eigenvalue weighted by atomic mass is 10.1. The summed E-state index contributed by atoms with van der Waals surface area (Å²) in [6, 6.07) is 0.907. The molecule has 0 aliphatic heterocycles. The number of carbonyl (C=O) groups excluding carboxylic acids is 2. The standard InChI is InChI=1S/C17H25N5O7/c1-8(23)12(16(28)29)22-15(27)10(5-3-7-20-17(18)19)21-14(26)9-4-2-6-11(24)13(9)25/h2,4,6,8,10,12,23-25H,3,5,7H2,1H3,(H,21,26)(H,22,27)(H,28,29)(H4,18,19,20)/t8-,10+,12?/m1/s1. The maximum Gasteiger partial charge on any atom is 0.328 e. The van der Waals surface area contributed by atoms with Crippen molar-refractivity contribution < 1.29 is 34.8 Å². The predicted octanol–water partition coefficient (Wildman–Crippen LogP) is -1.59. The molecule has 160 valence electrons. The lowest BCUT2D eigenvalue weighted by Gasteiger charge is -2.23. The number of carboxylic acid groups (broad SMARTS) is 1. The molecule has 0 spiro atoms. The fraction of sp³-hybridized carbons (Fsp3) is 0.412. The van der Waals surface area contributed by atoms with E-state index in [0.717, 1.165) is 0 Å². The smallest absolute Gasteiger partial charge is 0.328 e. The topological polar surface area (TPSA) is 218 Å². The van der Waals surface area contributed by atoms with E-state index in [1.165, 1.54) is 25.1 Å². The summed E-state index contributed by atoms with van der Waals surface area (Å²) >= 11 is 0. The monoisotopic (exact) mass is 411 g/mol. The number of carbonyl (C=O) groups is 3. The van der Waals surface area contributed by atoms with Gasteiger partial charge in [0.2, 0.25) is 5.91 Å². The first-order valence-electron chi connectivity index (χ1n) is 8.65. The number of amides is 2. The SMILES string of the molecule is C[C@@H](O)C(NC(=O)[C@H](CCCNC(=N)N)NC(=O)c1cccc(O)c1O)C(=O)O. The van der Waals surface area contributed by atoms with E-state index in [1.807, 2.05) is 0 Å². The van der Waals surface area contributed by atoms with Gasteiger partial charge in [-0.1, -0.05) is 6.07 Å². The van der Waals surface area contributed by atoms with Crippen LogP contribution in [0.25, 0.3) is 0 Å². The summed E-state index contributed by atoms with van der Waals surface area (Å²) in [5, 5.41) is 52.1. The minimum Gasteiger partial charge on any atom is -0.504 e. The molecular weight excluding hydrogens is 386 g/mol. The molecule has 12 heteroatoms. The van der Waals surface area contributed by atoms with Crippen LogP contribution in [0.1, 0.15) is 30.1 Å². The normalized spacial score (nSPS) is 13.6. The minimum absolute atomic E-state index is 0.0313. The summed E-state index contributed by atoms with van der Waals surface area (Å²) in [4.78, 5) is 36.1. The first-order valence-corrected chi connectivity index (χ1v) is 8.65. The summed E-state index contributed by atoms with van der Waals surface area (Å²) in [5.74, 6) is -4.67. The molecule has 0 heterocycles. The highest BCUT2D eigenvalue weighted by Gasteiger charge is 2.30. The fourth-order valence-corrected chi connectivity index (χ4v) is 2.39. The molecule has 0 fully saturated rings. The van der Waals surface area contributed by atoms with Crippen molar-refractivity contribution in [2.24, 2.45) is 5.73 Å². The number of hydrogen-bond acceptors (Lipinski definition) is 7. The van der Waals surface area contributed by atoms with Gasteiger partial charge >= 0.3 is 5.97 Å². The van der Waals surface area contributed by atoms with E-state index in [2.05, 4.69) is 16.0 Å². The number of aliphatic hydroxyl groups is 1. The zero-order chi connectivity index (χ0) is 22.1. The lowest BCUT2D eigenvalue weighted by Crippen LogP contribution is -2.54. The Morgan fingerprint density at radius 2 is 1.86 bits per heavy atom. The predicted molar refractivity (Wildman–Crippen MR) is 101 cm³/mol. The molecule has 1 unspecified atom stereocenters. The van der Waals surface area contributed by atoms with E-state index in [4.69, 9.17) is 16.2 Å². The van der Waals surface area contributed by atoms with Gasteiger partial charge in [0.15, 0.2) is 23.5 Å². The Morgan fingerprint density at radius 1 is 1.21 bits per heavy atom. The number of hydrogen-bond donors (Lipinski definition) is 9. The molecule has 0 aromatic heterocycles.